The monoisotopic (exact) mass is 254 g/mol. The Morgan fingerprint density at radius 1 is 1.28 bits per heavy atom. The van der Waals surface area contributed by atoms with Gasteiger partial charge in [-0.2, -0.15) is 0 Å². The molecule has 1 rings (SSSR count). The van der Waals surface area contributed by atoms with Gasteiger partial charge in [0.2, 0.25) is 5.91 Å². The van der Waals surface area contributed by atoms with E-state index >= 15 is 0 Å². The van der Waals surface area contributed by atoms with Gasteiger partial charge in [-0.25, -0.2) is 0 Å². The number of hydrogen-bond donors (Lipinski definition) is 1. The van der Waals surface area contributed by atoms with Gasteiger partial charge in [0.05, 0.1) is 0 Å². The molecule has 0 spiro atoms. The van der Waals surface area contributed by atoms with Crippen molar-refractivity contribution in [3.63, 3.8) is 0 Å². The number of rotatable bonds is 3. The van der Waals surface area contributed by atoms with E-state index < -0.39 is 0 Å². The fraction of sp³-hybridized carbons (Fsp3) is 0.933. The van der Waals surface area contributed by atoms with Crippen molar-refractivity contribution in [1.29, 1.82) is 0 Å². The van der Waals surface area contributed by atoms with E-state index in [1.54, 1.807) is 0 Å². The summed E-state index contributed by atoms with van der Waals surface area (Å²) in [4.78, 5) is 14.2. The van der Waals surface area contributed by atoms with Gasteiger partial charge in [-0.3, -0.25) is 4.79 Å². The molecule has 1 aliphatic heterocycles. The molecule has 2 N–H and O–H groups in total. The Morgan fingerprint density at radius 2 is 1.78 bits per heavy atom. The van der Waals surface area contributed by atoms with Crippen LogP contribution < -0.4 is 5.73 Å². The Bertz CT molecular complexity index is 273. The first-order valence-electron chi connectivity index (χ1n) is 7.25. The van der Waals surface area contributed by atoms with E-state index in [2.05, 4.69) is 34.6 Å². The van der Waals surface area contributed by atoms with Gasteiger partial charge in [0.1, 0.15) is 0 Å². The van der Waals surface area contributed by atoms with E-state index in [0.29, 0.717) is 6.42 Å². The number of piperidine rings is 1. The van der Waals surface area contributed by atoms with Crippen LogP contribution in [0.3, 0.4) is 0 Å². The second-order valence-corrected chi connectivity index (χ2v) is 7.14. The van der Waals surface area contributed by atoms with Gasteiger partial charge in [0, 0.05) is 25.6 Å². The summed E-state index contributed by atoms with van der Waals surface area (Å²) in [5, 5.41) is 0. The zero-order valence-electron chi connectivity index (χ0n) is 12.7. The zero-order valence-corrected chi connectivity index (χ0v) is 12.7. The smallest absolute Gasteiger partial charge is 0.224 e. The number of amides is 1. The van der Waals surface area contributed by atoms with Gasteiger partial charge in [-0.15, -0.1) is 0 Å². The number of carbonyl (C=O) groups excluding carboxylic acids is 1. The van der Waals surface area contributed by atoms with Gasteiger partial charge >= 0.3 is 0 Å². The third-order valence-corrected chi connectivity index (χ3v) is 4.34. The summed E-state index contributed by atoms with van der Waals surface area (Å²) < 4.78 is 0. The number of nitrogens with two attached hydrogens (primary N) is 1. The molecule has 1 atom stereocenters. The number of hydrogen-bond acceptors (Lipinski definition) is 2. The molecule has 1 amide bonds. The first kappa shape index (κ1) is 15.5. The van der Waals surface area contributed by atoms with Crippen LogP contribution in [0.15, 0.2) is 0 Å². The van der Waals surface area contributed by atoms with Gasteiger partial charge in [-0.05, 0) is 30.1 Å². The van der Waals surface area contributed by atoms with Gasteiger partial charge in [0.15, 0.2) is 0 Å². The second-order valence-electron chi connectivity index (χ2n) is 7.14. The lowest BCUT2D eigenvalue weighted by Crippen LogP contribution is -2.44. The molecule has 18 heavy (non-hydrogen) atoms. The molecule has 1 aliphatic rings. The van der Waals surface area contributed by atoms with E-state index in [1.165, 1.54) is 0 Å². The summed E-state index contributed by atoms with van der Waals surface area (Å²) in [6, 6.07) is -0.0483. The van der Waals surface area contributed by atoms with Crippen LogP contribution in [0.25, 0.3) is 0 Å². The maximum absolute atomic E-state index is 12.2. The zero-order chi connectivity index (χ0) is 13.9. The Balaban J connectivity index is 2.41. The lowest BCUT2D eigenvalue weighted by molar-refractivity contribution is -0.133. The average molecular weight is 254 g/mol. The predicted octanol–water partition coefficient (Wildman–Crippen LogP) is 2.64. The van der Waals surface area contributed by atoms with E-state index in [-0.39, 0.29) is 17.4 Å². The summed E-state index contributed by atoms with van der Waals surface area (Å²) in [5.41, 5.74) is 6.09. The molecular formula is C15H30N2O. The van der Waals surface area contributed by atoms with Crippen LogP contribution in [0, 0.1) is 17.3 Å². The van der Waals surface area contributed by atoms with E-state index in [1.807, 2.05) is 4.90 Å². The molecule has 3 heteroatoms. The molecule has 0 aromatic carbocycles. The van der Waals surface area contributed by atoms with Crippen LogP contribution in [0.5, 0.6) is 0 Å². The van der Waals surface area contributed by atoms with Crippen molar-refractivity contribution in [3.05, 3.63) is 0 Å². The van der Waals surface area contributed by atoms with Crippen LogP contribution >= 0.6 is 0 Å². The van der Waals surface area contributed by atoms with Crippen LogP contribution in [0.2, 0.25) is 0 Å². The van der Waals surface area contributed by atoms with Gasteiger partial charge < -0.3 is 10.6 Å². The topological polar surface area (TPSA) is 46.3 Å². The number of carbonyl (C=O) groups is 1. The number of nitrogens with zero attached hydrogens (tertiary/aromatic N) is 1. The Morgan fingerprint density at radius 3 is 2.17 bits per heavy atom. The molecule has 0 aromatic heterocycles. The first-order chi connectivity index (χ1) is 8.21. The van der Waals surface area contributed by atoms with Crippen LogP contribution in [-0.2, 0) is 4.79 Å². The third kappa shape index (κ3) is 4.27. The fourth-order valence-electron chi connectivity index (χ4n) is 2.44. The van der Waals surface area contributed by atoms with E-state index in [4.69, 9.17) is 5.73 Å². The normalized spacial score (nSPS) is 20.3. The summed E-state index contributed by atoms with van der Waals surface area (Å²) in [7, 11) is 0. The summed E-state index contributed by atoms with van der Waals surface area (Å²) >= 11 is 0. The molecule has 1 heterocycles. The highest BCUT2D eigenvalue weighted by atomic mass is 16.2. The Kier molecular flexibility index (Phi) is 5.20. The van der Waals surface area contributed by atoms with Crippen LogP contribution in [0.4, 0.5) is 0 Å². The first-order valence-corrected chi connectivity index (χ1v) is 7.25. The van der Waals surface area contributed by atoms with Crippen LogP contribution in [-0.4, -0.2) is 29.9 Å². The van der Waals surface area contributed by atoms with Crippen molar-refractivity contribution < 1.29 is 4.79 Å². The quantitative estimate of drug-likeness (QED) is 0.841. The molecule has 0 bridgehead atoms. The summed E-state index contributed by atoms with van der Waals surface area (Å²) in [6.07, 6.45) is 2.78. The molecule has 0 aromatic rings. The highest BCUT2D eigenvalue weighted by molar-refractivity contribution is 5.77. The van der Waals surface area contributed by atoms with Gasteiger partial charge in [-0.1, -0.05) is 34.6 Å². The van der Waals surface area contributed by atoms with Crippen molar-refractivity contribution in [2.75, 3.05) is 13.1 Å². The van der Waals surface area contributed by atoms with Crippen molar-refractivity contribution in [2.24, 2.45) is 23.0 Å². The SMILES string of the molecule is CC(C)C1CCN(C(=O)CC(N)C(C)(C)C)CC1. The summed E-state index contributed by atoms with van der Waals surface area (Å²) in [6.45, 7) is 12.7. The highest BCUT2D eigenvalue weighted by Gasteiger charge is 2.28. The second kappa shape index (κ2) is 6.05. The lowest BCUT2D eigenvalue weighted by atomic mass is 9.84. The van der Waals surface area contributed by atoms with E-state index in [0.717, 1.165) is 37.8 Å². The Labute approximate surface area is 112 Å². The number of likely N-dealkylation sites (tertiary alicyclic amines) is 1. The largest absolute Gasteiger partial charge is 0.343 e. The molecule has 1 unspecified atom stereocenters. The molecular weight excluding hydrogens is 224 g/mol. The minimum absolute atomic E-state index is 0.00587. The molecule has 106 valence electrons. The maximum Gasteiger partial charge on any atom is 0.224 e. The molecule has 1 fully saturated rings. The minimum Gasteiger partial charge on any atom is -0.343 e. The van der Waals surface area contributed by atoms with Gasteiger partial charge in [0.25, 0.3) is 0 Å². The maximum atomic E-state index is 12.2. The fourth-order valence-corrected chi connectivity index (χ4v) is 2.44. The van der Waals surface area contributed by atoms with Crippen molar-refractivity contribution in [2.45, 2.75) is 59.9 Å². The van der Waals surface area contributed by atoms with Crippen molar-refractivity contribution >= 4 is 5.91 Å². The predicted molar refractivity (Wildman–Crippen MR) is 76.2 cm³/mol. The third-order valence-electron chi connectivity index (χ3n) is 4.34. The average Bonchev–Trinajstić information content (AvgIpc) is 2.27. The van der Waals surface area contributed by atoms with Crippen molar-refractivity contribution in [3.8, 4) is 0 Å². The standard InChI is InChI=1S/C15H30N2O/c1-11(2)12-6-8-17(9-7-12)14(18)10-13(16)15(3,4)5/h11-13H,6-10,16H2,1-5H3. The Hall–Kier alpha value is -0.570. The molecule has 0 radical (unpaired) electrons. The highest BCUT2D eigenvalue weighted by Crippen LogP contribution is 2.26. The minimum atomic E-state index is -0.0483. The van der Waals surface area contributed by atoms with E-state index in [9.17, 15) is 4.79 Å². The van der Waals surface area contributed by atoms with Crippen LogP contribution in [0.1, 0.15) is 53.9 Å². The lowest BCUT2D eigenvalue weighted by Gasteiger charge is -2.35. The molecule has 1 saturated heterocycles. The molecule has 3 nitrogen and oxygen atoms in total. The van der Waals surface area contributed by atoms with Crippen molar-refractivity contribution in [1.82, 2.24) is 4.90 Å². The summed E-state index contributed by atoms with van der Waals surface area (Å²) in [5.74, 6) is 1.75. The molecule has 0 aliphatic carbocycles. The molecule has 0 saturated carbocycles.